The van der Waals surface area contributed by atoms with Crippen LogP contribution in [0.15, 0.2) is 77.7 Å². The van der Waals surface area contributed by atoms with Crippen molar-refractivity contribution in [3.63, 3.8) is 0 Å². The van der Waals surface area contributed by atoms with E-state index in [1.165, 1.54) is 0 Å². The molecule has 1 atom stereocenters. The van der Waals surface area contributed by atoms with E-state index in [0.29, 0.717) is 22.8 Å². The zero-order chi connectivity index (χ0) is 23.7. The number of hydrogen-bond donors (Lipinski definition) is 2. The van der Waals surface area contributed by atoms with E-state index in [-0.39, 0.29) is 21.9 Å². The highest BCUT2D eigenvalue weighted by molar-refractivity contribution is 6.34. The van der Waals surface area contributed by atoms with Crippen molar-refractivity contribution >= 4 is 34.3 Å². The summed E-state index contributed by atoms with van der Waals surface area (Å²) in [7, 11) is 0. The van der Waals surface area contributed by atoms with Gasteiger partial charge < -0.3 is 11.1 Å². The quantitative estimate of drug-likeness (QED) is 0.384. The summed E-state index contributed by atoms with van der Waals surface area (Å²) in [4.78, 5) is 27.0. The van der Waals surface area contributed by atoms with Crippen LogP contribution in [0, 0.1) is 12.1 Å². The summed E-state index contributed by atoms with van der Waals surface area (Å²) in [5.74, 6) is 1.15. The molecule has 0 amide bonds. The van der Waals surface area contributed by atoms with Crippen LogP contribution in [0.3, 0.4) is 0 Å². The van der Waals surface area contributed by atoms with Crippen molar-refractivity contribution in [3.8, 4) is 16.8 Å². The maximum atomic E-state index is 13.6. The predicted molar refractivity (Wildman–Crippen MR) is 134 cm³/mol. The fourth-order valence-corrected chi connectivity index (χ4v) is 4.05. The van der Waals surface area contributed by atoms with E-state index in [2.05, 4.69) is 27.4 Å². The topological polar surface area (TPSA) is 98.7 Å². The Hall–Kier alpha value is -4.41. The monoisotopic (exact) mass is 466 g/mol. The molecule has 0 saturated carbocycles. The molecule has 0 radical (unpaired) electrons. The minimum absolute atomic E-state index is 0.137. The summed E-state index contributed by atoms with van der Waals surface area (Å²) in [6.45, 7) is 1.90. The molecule has 3 aromatic carbocycles. The molecule has 34 heavy (non-hydrogen) atoms. The molecule has 1 unspecified atom stereocenters. The number of para-hydroxylation sites is 1. The SMILES string of the molecule is CC(Nc1nc(N)ncc1-c1ccccc1)c1nc2cc#cc(Cl)c2c(=O)n1-c1ccccc1. The molecule has 7 nitrogen and oxygen atoms in total. The molecule has 2 heterocycles. The van der Waals surface area contributed by atoms with E-state index in [9.17, 15) is 4.79 Å². The predicted octanol–water partition coefficient (Wildman–Crippen LogP) is 4.85. The summed E-state index contributed by atoms with van der Waals surface area (Å²) >= 11 is 6.30. The van der Waals surface area contributed by atoms with Gasteiger partial charge in [-0.2, -0.15) is 4.98 Å². The lowest BCUT2D eigenvalue weighted by Crippen LogP contribution is -2.27. The zero-order valence-corrected chi connectivity index (χ0v) is 18.9. The number of nitrogens with one attached hydrogen (secondary N) is 1. The average Bonchev–Trinajstić information content (AvgIpc) is 2.85. The second-order valence-corrected chi connectivity index (χ2v) is 8.03. The number of nitrogen functional groups attached to an aromatic ring is 1. The summed E-state index contributed by atoms with van der Waals surface area (Å²) in [6.07, 6.45) is 1.68. The van der Waals surface area contributed by atoms with Gasteiger partial charge in [0.05, 0.1) is 22.6 Å². The molecule has 166 valence electrons. The van der Waals surface area contributed by atoms with Gasteiger partial charge in [-0.15, -0.1) is 0 Å². The summed E-state index contributed by atoms with van der Waals surface area (Å²) in [5, 5.41) is 3.85. The van der Waals surface area contributed by atoms with Crippen LogP contribution in [0.25, 0.3) is 27.7 Å². The van der Waals surface area contributed by atoms with Crippen LogP contribution in [-0.2, 0) is 0 Å². The molecule has 3 N–H and O–H groups in total. The van der Waals surface area contributed by atoms with Gasteiger partial charge in [0.2, 0.25) is 5.95 Å². The lowest BCUT2D eigenvalue weighted by Gasteiger charge is -2.21. The van der Waals surface area contributed by atoms with Crippen molar-refractivity contribution in [1.29, 1.82) is 0 Å². The molecular weight excluding hydrogens is 448 g/mol. The van der Waals surface area contributed by atoms with Crippen molar-refractivity contribution in [3.05, 3.63) is 106 Å². The standard InChI is InChI=1S/C26H19ClN6O/c1-16(30-23-19(15-29-26(28)32-23)17-9-4-2-5-10-17)24-31-21-14-8-13-20(27)22(21)25(34)33(24)18-11-6-3-7-12-18/h2-7,9-12,14-16H,1H3,(H3,28,29,30,32). The molecular formula is C26H19ClN6O. The fourth-order valence-electron chi connectivity index (χ4n) is 3.82. The van der Waals surface area contributed by atoms with Crippen molar-refractivity contribution < 1.29 is 0 Å². The van der Waals surface area contributed by atoms with E-state index < -0.39 is 6.04 Å². The van der Waals surface area contributed by atoms with Crippen molar-refractivity contribution in [2.24, 2.45) is 0 Å². The lowest BCUT2D eigenvalue weighted by molar-refractivity contribution is 0.731. The van der Waals surface area contributed by atoms with Gasteiger partial charge in [-0.25, -0.2) is 9.97 Å². The maximum absolute atomic E-state index is 13.6. The van der Waals surface area contributed by atoms with Crippen molar-refractivity contribution in [2.75, 3.05) is 11.1 Å². The Bertz CT molecular complexity index is 1540. The largest absolute Gasteiger partial charge is 0.368 e. The molecule has 0 saturated heterocycles. The Morgan fingerprint density at radius 1 is 1.06 bits per heavy atom. The van der Waals surface area contributed by atoms with E-state index in [1.807, 2.05) is 67.6 Å². The van der Waals surface area contributed by atoms with Crippen LogP contribution >= 0.6 is 11.6 Å². The van der Waals surface area contributed by atoms with Gasteiger partial charge in [0.1, 0.15) is 16.7 Å². The van der Waals surface area contributed by atoms with E-state index in [4.69, 9.17) is 22.3 Å². The number of hydrogen-bond acceptors (Lipinski definition) is 6. The number of nitrogens with two attached hydrogens (primary N) is 1. The Balaban J connectivity index is 1.68. The second-order valence-electron chi connectivity index (χ2n) is 7.66. The van der Waals surface area contributed by atoms with Gasteiger partial charge in [0.15, 0.2) is 0 Å². The molecule has 5 rings (SSSR count). The molecule has 0 bridgehead atoms. The normalized spacial score (nSPS) is 11.7. The molecule has 0 aliphatic rings. The van der Waals surface area contributed by atoms with Crippen molar-refractivity contribution in [2.45, 2.75) is 13.0 Å². The maximum Gasteiger partial charge on any atom is 0.268 e. The van der Waals surface area contributed by atoms with Gasteiger partial charge >= 0.3 is 0 Å². The average molecular weight is 467 g/mol. The third kappa shape index (κ3) is 3.91. The van der Waals surface area contributed by atoms with Crippen LogP contribution < -0.4 is 16.6 Å². The number of benzene rings is 2. The second kappa shape index (κ2) is 8.85. The first-order valence-corrected chi connectivity index (χ1v) is 10.9. The van der Waals surface area contributed by atoms with Crippen LogP contribution in [-0.4, -0.2) is 19.5 Å². The summed E-state index contributed by atoms with van der Waals surface area (Å²) in [6, 6.07) is 25.8. The summed E-state index contributed by atoms with van der Waals surface area (Å²) < 4.78 is 1.55. The molecule has 2 aromatic heterocycles. The summed E-state index contributed by atoms with van der Waals surface area (Å²) in [5.41, 5.74) is 8.43. The first kappa shape index (κ1) is 21.4. The fraction of sp³-hybridized carbons (Fsp3) is 0.0769. The third-order valence-corrected chi connectivity index (χ3v) is 5.68. The van der Waals surface area contributed by atoms with Gasteiger partial charge in [-0.05, 0) is 30.7 Å². The van der Waals surface area contributed by atoms with Crippen LogP contribution in [0.2, 0.25) is 5.02 Å². The molecule has 5 aromatic rings. The van der Waals surface area contributed by atoms with Crippen LogP contribution in [0.1, 0.15) is 18.8 Å². The zero-order valence-electron chi connectivity index (χ0n) is 18.2. The first-order chi connectivity index (χ1) is 16.5. The molecule has 8 heteroatoms. The minimum atomic E-state index is -0.433. The third-order valence-electron chi connectivity index (χ3n) is 5.39. The number of fused-ring (bicyclic) bond motifs is 1. The smallest absolute Gasteiger partial charge is 0.268 e. The van der Waals surface area contributed by atoms with Crippen LogP contribution in [0.4, 0.5) is 11.8 Å². The van der Waals surface area contributed by atoms with Crippen molar-refractivity contribution in [1.82, 2.24) is 19.5 Å². The molecule has 0 spiro atoms. The minimum Gasteiger partial charge on any atom is -0.368 e. The van der Waals surface area contributed by atoms with Crippen LogP contribution in [0.5, 0.6) is 0 Å². The number of rotatable bonds is 5. The molecule has 0 fully saturated rings. The molecule has 0 aliphatic heterocycles. The van der Waals surface area contributed by atoms with E-state index in [1.54, 1.807) is 16.8 Å². The Kier molecular flexibility index (Phi) is 5.58. The number of anilines is 2. The number of nitrogens with zero attached hydrogens (tertiary/aromatic N) is 4. The van der Waals surface area contributed by atoms with Gasteiger partial charge in [0, 0.05) is 17.8 Å². The van der Waals surface area contributed by atoms with E-state index in [0.717, 1.165) is 11.1 Å². The highest BCUT2D eigenvalue weighted by atomic mass is 35.5. The van der Waals surface area contributed by atoms with E-state index >= 15 is 0 Å². The first-order valence-electron chi connectivity index (χ1n) is 10.6. The highest BCUT2D eigenvalue weighted by Crippen LogP contribution is 2.29. The van der Waals surface area contributed by atoms with Gasteiger partial charge in [-0.1, -0.05) is 66.2 Å². The Labute approximate surface area is 200 Å². The van der Waals surface area contributed by atoms with Gasteiger partial charge in [0.25, 0.3) is 5.56 Å². The Morgan fingerprint density at radius 2 is 1.76 bits per heavy atom. The molecule has 0 aliphatic carbocycles. The highest BCUT2D eigenvalue weighted by Gasteiger charge is 2.21. The Morgan fingerprint density at radius 3 is 2.50 bits per heavy atom. The number of aromatic nitrogens is 4. The van der Waals surface area contributed by atoms with Gasteiger partial charge in [-0.3, -0.25) is 9.36 Å². The number of halogens is 1. The lowest BCUT2D eigenvalue weighted by atomic mass is 10.1.